The molecule has 0 heterocycles. The van der Waals surface area contributed by atoms with Crippen LogP contribution >= 0.6 is 11.6 Å². The molecule has 100 valence electrons. The standard InChI is InChI=1S/C15H22ClNO/c1-15(2)9-5-8-14(15)17-10-11-12(16)6-4-7-13(11)18-3/h4,6-7,14,17H,5,8-10H2,1-3H3. The van der Waals surface area contributed by atoms with Crippen molar-refractivity contribution in [2.24, 2.45) is 5.41 Å². The molecule has 3 heteroatoms. The fraction of sp³-hybridized carbons (Fsp3) is 0.600. The van der Waals surface area contributed by atoms with Crippen LogP contribution in [0.15, 0.2) is 18.2 Å². The van der Waals surface area contributed by atoms with Crippen LogP contribution in [0.3, 0.4) is 0 Å². The highest BCUT2D eigenvalue weighted by Crippen LogP contribution is 2.37. The summed E-state index contributed by atoms with van der Waals surface area (Å²) in [6.07, 6.45) is 3.86. The van der Waals surface area contributed by atoms with Crippen LogP contribution in [0.4, 0.5) is 0 Å². The molecular weight excluding hydrogens is 246 g/mol. The Morgan fingerprint density at radius 1 is 1.44 bits per heavy atom. The molecule has 1 aromatic carbocycles. The molecule has 0 aliphatic heterocycles. The summed E-state index contributed by atoms with van der Waals surface area (Å²) in [6.45, 7) is 5.44. The lowest BCUT2D eigenvalue weighted by Crippen LogP contribution is -2.37. The van der Waals surface area contributed by atoms with Crippen molar-refractivity contribution < 1.29 is 4.74 Å². The predicted molar refractivity (Wildman–Crippen MR) is 76.3 cm³/mol. The highest BCUT2D eigenvalue weighted by molar-refractivity contribution is 6.31. The number of rotatable bonds is 4. The number of ether oxygens (including phenoxy) is 1. The third-order valence-corrected chi connectivity index (χ3v) is 4.43. The lowest BCUT2D eigenvalue weighted by molar-refractivity contribution is 0.281. The maximum atomic E-state index is 6.24. The van der Waals surface area contributed by atoms with Gasteiger partial charge in [0.25, 0.3) is 0 Å². The summed E-state index contributed by atoms with van der Waals surface area (Å²) in [5.41, 5.74) is 1.44. The van der Waals surface area contributed by atoms with E-state index in [2.05, 4.69) is 19.2 Å². The van der Waals surface area contributed by atoms with Crippen LogP contribution in [-0.2, 0) is 6.54 Å². The molecule has 1 atom stereocenters. The van der Waals surface area contributed by atoms with E-state index in [1.54, 1.807) is 7.11 Å². The molecule has 1 fully saturated rings. The van der Waals surface area contributed by atoms with E-state index >= 15 is 0 Å². The summed E-state index contributed by atoms with van der Waals surface area (Å²) in [5.74, 6) is 0.866. The summed E-state index contributed by atoms with van der Waals surface area (Å²) in [5, 5.41) is 4.41. The number of hydrogen-bond donors (Lipinski definition) is 1. The molecule has 1 N–H and O–H groups in total. The minimum atomic E-state index is 0.383. The molecule has 1 saturated carbocycles. The SMILES string of the molecule is COc1cccc(Cl)c1CNC1CCCC1(C)C. The number of benzene rings is 1. The molecule has 1 aliphatic carbocycles. The van der Waals surface area contributed by atoms with Crippen LogP contribution in [0.5, 0.6) is 5.75 Å². The highest BCUT2D eigenvalue weighted by atomic mass is 35.5. The molecular formula is C15H22ClNO. The number of hydrogen-bond acceptors (Lipinski definition) is 2. The lowest BCUT2D eigenvalue weighted by Gasteiger charge is -2.28. The molecule has 1 unspecified atom stereocenters. The molecule has 0 saturated heterocycles. The zero-order valence-corrected chi connectivity index (χ0v) is 12.2. The number of nitrogens with one attached hydrogen (secondary N) is 1. The summed E-state index contributed by atoms with van der Waals surface area (Å²) >= 11 is 6.24. The van der Waals surface area contributed by atoms with Gasteiger partial charge in [-0.3, -0.25) is 0 Å². The Kier molecular flexibility index (Phi) is 4.18. The van der Waals surface area contributed by atoms with Crippen LogP contribution < -0.4 is 10.1 Å². The first-order valence-electron chi connectivity index (χ1n) is 6.59. The molecule has 2 nitrogen and oxygen atoms in total. The maximum Gasteiger partial charge on any atom is 0.124 e. The molecule has 1 aromatic rings. The molecule has 0 aromatic heterocycles. The van der Waals surface area contributed by atoms with Crippen LogP contribution in [0.1, 0.15) is 38.7 Å². The summed E-state index contributed by atoms with van der Waals surface area (Å²) < 4.78 is 5.37. The van der Waals surface area contributed by atoms with E-state index in [1.807, 2.05) is 18.2 Å². The molecule has 0 amide bonds. The Hall–Kier alpha value is -0.730. The normalized spacial score (nSPS) is 22.1. The van der Waals surface area contributed by atoms with E-state index in [0.717, 1.165) is 22.9 Å². The zero-order chi connectivity index (χ0) is 13.2. The highest BCUT2D eigenvalue weighted by Gasteiger charge is 2.34. The van der Waals surface area contributed by atoms with Gasteiger partial charge < -0.3 is 10.1 Å². The van der Waals surface area contributed by atoms with Gasteiger partial charge in [0.15, 0.2) is 0 Å². The van der Waals surface area contributed by atoms with Crippen molar-refractivity contribution in [3.8, 4) is 5.75 Å². The first-order chi connectivity index (χ1) is 8.54. The Labute approximate surface area is 115 Å². The average Bonchev–Trinajstić information content (AvgIpc) is 2.66. The molecule has 2 rings (SSSR count). The largest absolute Gasteiger partial charge is 0.496 e. The lowest BCUT2D eigenvalue weighted by atomic mass is 9.87. The number of halogens is 1. The second kappa shape index (κ2) is 5.50. The molecule has 0 spiro atoms. The summed E-state index contributed by atoms with van der Waals surface area (Å²) in [6, 6.07) is 6.37. The van der Waals surface area contributed by atoms with E-state index in [1.165, 1.54) is 19.3 Å². The van der Waals surface area contributed by atoms with Gasteiger partial charge in [0.2, 0.25) is 0 Å². The van der Waals surface area contributed by atoms with Gasteiger partial charge in [-0.2, -0.15) is 0 Å². The van der Waals surface area contributed by atoms with E-state index < -0.39 is 0 Å². The van der Waals surface area contributed by atoms with Crippen molar-refractivity contribution in [1.29, 1.82) is 0 Å². The first kappa shape index (κ1) is 13.7. The third kappa shape index (κ3) is 2.81. The van der Waals surface area contributed by atoms with E-state index in [9.17, 15) is 0 Å². The average molecular weight is 268 g/mol. The Balaban J connectivity index is 2.06. The topological polar surface area (TPSA) is 21.3 Å². The molecule has 0 bridgehead atoms. The first-order valence-corrected chi connectivity index (χ1v) is 6.97. The fourth-order valence-electron chi connectivity index (χ4n) is 2.83. The molecule has 0 radical (unpaired) electrons. The van der Waals surface area contributed by atoms with E-state index in [4.69, 9.17) is 16.3 Å². The monoisotopic (exact) mass is 267 g/mol. The van der Waals surface area contributed by atoms with E-state index in [-0.39, 0.29) is 0 Å². The van der Waals surface area contributed by atoms with Crippen LogP contribution in [-0.4, -0.2) is 13.2 Å². The van der Waals surface area contributed by atoms with E-state index in [0.29, 0.717) is 11.5 Å². The quantitative estimate of drug-likeness (QED) is 0.890. The van der Waals surface area contributed by atoms with Crippen molar-refractivity contribution in [1.82, 2.24) is 5.32 Å². The van der Waals surface area contributed by atoms with Gasteiger partial charge in [0, 0.05) is 23.2 Å². The second-order valence-electron chi connectivity index (χ2n) is 5.73. The predicted octanol–water partition coefficient (Wildman–Crippen LogP) is 4.02. The molecule has 18 heavy (non-hydrogen) atoms. The van der Waals surface area contributed by atoms with Gasteiger partial charge in [-0.15, -0.1) is 0 Å². The Morgan fingerprint density at radius 3 is 2.83 bits per heavy atom. The van der Waals surface area contributed by atoms with Crippen LogP contribution in [0.25, 0.3) is 0 Å². The minimum Gasteiger partial charge on any atom is -0.496 e. The van der Waals surface area contributed by atoms with Gasteiger partial charge in [-0.1, -0.05) is 37.9 Å². The zero-order valence-electron chi connectivity index (χ0n) is 11.4. The second-order valence-corrected chi connectivity index (χ2v) is 6.14. The fourth-order valence-corrected chi connectivity index (χ4v) is 3.06. The van der Waals surface area contributed by atoms with Gasteiger partial charge in [-0.05, 0) is 30.4 Å². The van der Waals surface area contributed by atoms with Gasteiger partial charge in [0.05, 0.1) is 7.11 Å². The van der Waals surface area contributed by atoms with Crippen molar-refractivity contribution in [3.63, 3.8) is 0 Å². The summed E-state index contributed by atoms with van der Waals surface area (Å²) in [7, 11) is 1.69. The van der Waals surface area contributed by atoms with Crippen LogP contribution in [0.2, 0.25) is 5.02 Å². The Bertz CT molecular complexity index is 417. The maximum absolute atomic E-state index is 6.24. The third-order valence-electron chi connectivity index (χ3n) is 4.08. The smallest absolute Gasteiger partial charge is 0.124 e. The van der Waals surface area contributed by atoms with Crippen molar-refractivity contribution in [3.05, 3.63) is 28.8 Å². The molecule has 1 aliphatic rings. The van der Waals surface area contributed by atoms with Crippen molar-refractivity contribution in [2.75, 3.05) is 7.11 Å². The van der Waals surface area contributed by atoms with Crippen LogP contribution in [0, 0.1) is 5.41 Å². The van der Waals surface area contributed by atoms with Crippen molar-refractivity contribution in [2.45, 2.75) is 45.7 Å². The minimum absolute atomic E-state index is 0.383. The van der Waals surface area contributed by atoms with Gasteiger partial charge >= 0.3 is 0 Å². The Morgan fingerprint density at radius 2 is 2.22 bits per heavy atom. The van der Waals surface area contributed by atoms with Crippen molar-refractivity contribution >= 4 is 11.6 Å². The number of methoxy groups -OCH3 is 1. The van der Waals surface area contributed by atoms with Gasteiger partial charge in [0.1, 0.15) is 5.75 Å². The van der Waals surface area contributed by atoms with Gasteiger partial charge in [-0.25, -0.2) is 0 Å². The summed E-state index contributed by atoms with van der Waals surface area (Å²) in [4.78, 5) is 0.